The molecular formula is C17H18F3N5O. The number of primary amides is 1. The van der Waals surface area contributed by atoms with Gasteiger partial charge in [-0.1, -0.05) is 0 Å². The Morgan fingerprint density at radius 3 is 2.58 bits per heavy atom. The van der Waals surface area contributed by atoms with E-state index in [0.29, 0.717) is 44.4 Å². The highest BCUT2D eigenvalue weighted by Crippen LogP contribution is 2.35. The average Bonchev–Trinajstić information content (AvgIpc) is 2.94. The van der Waals surface area contributed by atoms with E-state index in [1.807, 2.05) is 4.57 Å². The molecule has 1 aliphatic heterocycles. The summed E-state index contributed by atoms with van der Waals surface area (Å²) in [6.45, 7) is 1.36. The van der Waals surface area contributed by atoms with Crippen molar-refractivity contribution in [3.05, 3.63) is 52.4 Å². The van der Waals surface area contributed by atoms with Gasteiger partial charge in [0.2, 0.25) is 0 Å². The average molecular weight is 365 g/mol. The molecule has 9 heteroatoms. The number of fused-ring (bicyclic) bond motifs is 3. The van der Waals surface area contributed by atoms with E-state index in [1.165, 1.54) is 4.90 Å². The lowest BCUT2D eigenvalue weighted by atomic mass is 9.80. The van der Waals surface area contributed by atoms with Crippen molar-refractivity contribution in [2.75, 3.05) is 6.54 Å². The summed E-state index contributed by atoms with van der Waals surface area (Å²) in [6, 6.07) is 0.480. The first-order valence-electron chi connectivity index (χ1n) is 8.36. The number of imidazole rings is 1. The molecule has 0 radical (unpaired) electrons. The van der Waals surface area contributed by atoms with Crippen molar-refractivity contribution in [1.82, 2.24) is 14.5 Å². The standard InChI is InChI=1S/C17H18F3N5O/c18-10-5-12(20)11(19)3-8(10)9-4-14-15(6-13(9)21)25-2-1-24(17(22)26)7-16(25)23-14/h3,5,9,13H,1-2,4,6-7,21H2,(H2,22,26)/t9-,13+/m1/s1. The van der Waals surface area contributed by atoms with Gasteiger partial charge in [-0.05, 0) is 18.1 Å². The van der Waals surface area contributed by atoms with E-state index in [2.05, 4.69) is 4.98 Å². The third-order valence-electron chi connectivity index (χ3n) is 5.27. The molecule has 2 aliphatic rings. The summed E-state index contributed by atoms with van der Waals surface area (Å²) in [5, 5.41) is 0. The van der Waals surface area contributed by atoms with Crippen LogP contribution in [0.25, 0.3) is 0 Å². The Kier molecular flexibility index (Phi) is 3.91. The SMILES string of the molecule is NC(=O)N1CCn2c(nc3c2C[C@H](N)[C@@H](c2cc(F)c(F)cc2F)C3)C1. The molecule has 2 amide bonds. The molecule has 0 bridgehead atoms. The number of aromatic nitrogens is 2. The molecule has 2 heterocycles. The topological polar surface area (TPSA) is 90.2 Å². The molecule has 1 aromatic carbocycles. The summed E-state index contributed by atoms with van der Waals surface area (Å²) in [7, 11) is 0. The smallest absolute Gasteiger partial charge is 0.315 e. The fourth-order valence-corrected chi connectivity index (χ4v) is 3.91. The Hall–Kier alpha value is -2.55. The second kappa shape index (κ2) is 6.01. The normalized spacial score (nSPS) is 22.1. The van der Waals surface area contributed by atoms with Crippen molar-refractivity contribution >= 4 is 6.03 Å². The second-order valence-corrected chi connectivity index (χ2v) is 6.80. The molecule has 0 saturated heterocycles. The minimum Gasteiger partial charge on any atom is -0.351 e. The van der Waals surface area contributed by atoms with Crippen LogP contribution in [0.15, 0.2) is 12.1 Å². The van der Waals surface area contributed by atoms with Crippen molar-refractivity contribution in [2.24, 2.45) is 11.5 Å². The van der Waals surface area contributed by atoms with Gasteiger partial charge in [0, 0.05) is 43.2 Å². The van der Waals surface area contributed by atoms with Gasteiger partial charge in [-0.25, -0.2) is 22.9 Å². The third kappa shape index (κ3) is 2.63. The third-order valence-corrected chi connectivity index (χ3v) is 5.27. The minimum absolute atomic E-state index is 0.0618. The number of amides is 2. The number of carbonyl (C=O) groups is 1. The van der Waals surface area contributed by atoms with Gasteiger partial charge in [0.05, 0.1) is 12.2 Å². The van der Waals surface area contributed by atoms with E-state index in [9.17, 15) is 18.0 Å². The Morgan fingerprint density at radius 2 is 1.85 bits per heavy atom. The number of urea groups is 1. The zero-order chi connectivity index (χ0) is 18.6. The number of carbonyl (C=O) groups excluding carboxylic acids is 1. The zero-order valence-corrected chi connectivity index (χ0v) is 13.9. The Morgan fingerprint density at radius 1 is 1.12 bits per heavy atom. The predicted octanol–water partition coefficient (Wildman–Crippen LogP) is 1.40. The van der Waals surface area contributed by atoms with Crippen LogP contribution < -0.4 is 11.5 Å². The fourth-order valence-electron chi connectivity index (χ4n) is 3.91. The van der Waals surface area contributed by atoms with Crippen LogP contribution in [0, 0.1) is 17.5 Å². The monoisotopic (exact) mass is 365 g/mol. The molecule has 2 aromatic rings. The van der Waals surface area contributed by atoms with Crippen LogP contribution in [0.2, 0.25) is 0 Å². The number of nitrogens with zero attached hydrogens (tertiary/aromatic N) is 3. The molecule has 4 rings (SSSR count). The van der Waals surface area contributed by atoms with Crippen LogP contribution in [0.1, 0.15) is 28.7 Å². The summed E-state index contributed by atoms with van der Waals surface area (Å²) in [5.41, 5.74) is 13.3. The lowest BCUT2D eigenvalue weighted by Gasteiger charge is -2.31. The Balaban J connectivity index is 1.68. The molecule has 138 valence electrons. The highest BCUT2D eigenvalue weighted by Gasteiger charge is 2.35. The first-order chi connectivity index (χ1) is 12.3. The van der Waals surface area contributed by atoms with Crippen LogP contribution in [0.3, 0.4) is 0 Å². The molecule has 1 aliphatic carbocycles. The van der Waals surface area contributed by atoms with Crippen LogP contribution in [0.4, 0.5) is 18.0 Å². The summed E-state index contributed by atoms with van der Waals surface area (Å²) in [6.07, 6.45) is 0.775. The molecule has 1 aromatic heterocycles. The molecule has 6 nitrogen and oxygen atoms in total. The highest BCUT2D eigenvalue weighted by molar-refractivity contribution is 5.72. The largest absolute Gasteiger partial charge is 0.351 e. The van der Waals surface area contributed by atoms with E-state index in [1.54, 1.807) is 0 Å². The van der Waals surface area contributed by atoms with Crippen molar-refractivity contribution < 1.29 is 18.0 Å². The number of hydrogen-bond acceptors (Lipinski definition) is 3. The van der Waals surface area contributed by atoms with Gasteiger partial charge in [-0.2, -0.15) is 0 Å². The van der Waals surface area contributed by atoms with Crippen molar-refractivity contribution in [2.45, 2.75) is 37.9 Å². The van der Waals surface area contributed by atoms with Crippen molar-refractivity contribution in [3.63, 3.8) is 0 Å². The summed E-state index contributed by atoms with van der Waals surface area (Å²) < 4.78 is 43.0. The van der Waals surface area contributed by atoms with E-state index >= 15 is 0 Å². The molecule has 4 N–H and O–H groups in total. The number of nitrogens with two attached hydrogens (primary N) is 2. The summed E-state index contributed by atoms with van der Waals surface area (Å²) in [5.74, 6) is -2.92. The summed E-state index contributed by atoms with van der Waals surface area (Å²) >= 11 is 0. The van der Waals surface area contributed by atoms with Crippen LogP contribution in [0.5, 0.6) is 0 Å². The maximum Gasteiger partial charge on any atom is 0.315 e. The molecule has 26 heavy (non-hydrogen) atoms. The van der Waals surface area contributed by atoms with E-state index in [0.717, 1.165) is 17.5 Å². The van der Waals surface area contributed by atoms with Gasteiger partial charge in [0.1, 0.15) is 11.6 Å². The molecule has 2 atom stereocenters. The van der Waals surface area contributed by atoms with Crippen LogP contribution >= 0.6 is 0 Å². The van der Waals surface area contributed by atoms with Gasteiger partial charge < -0.3 is 20.9 Å². The predicted molar refractivity (Wildman–Crippen MR) is 86.7 cm³/mol. The molecular weight excluding hydrogens is 347 g/mol. The van der Waals surface area contributed by atoms with Crippen LogP contribution in [-0.4, -0.2) is 33.1 Å². The van der Waals surface area contributed by atoms with Gasteiger partial charge in [-0.3, -0.25) is 0 Å². The fraction of sp³-hybridized carbons (Fsp3) is 0.412. The van der Waals surface area contributed by atoms with Gasteiger partial charge in [0.15, 0.2) is 11.6 Å². The highest BCUT2D eigenvalue weighted by atomic mass is 19.2. The number of benzene rings is 1. The quantitative estimate of drug-likeness (QED) is 0.749. The first kappa shape index (κ1) is 16.9. The van der Waals surface area contributed by atoms with Crippen LogP contribution in [-0.2, 0) is 25.9 Å². The number of hydrogen-bond donors (Lipinski definition) is 2. The Bertz CT molecular complexity index is 897. The first-order valence-corrected chi connectivity index (χ1v) is 8.36. The molecule has 0 saturated carbocycles. The lowest BCUT2D eigenvalue weighted by molar-refractivity contribution is 0.191. The number of rotatable bonds is 1. The van der Waals surface area contributed by atoms with Crippen molar-refractivity contribution in [1.29, 1.82) is 0 Å². The van der Waals surface area contributed by atoms with E-state index in [-0.39, 0.29) is 5.56 Å². The Labute approximate surface area is 147 Å². The molecule has 0 spiro atoms. The van der Waals surface area contributed by atoms with Gasteiger partial charge in [0.25, 0.3) is 0 Å². The second-order valence-electron chi connectivity index (χ2n) is 6.80. The van der Waals surface area contributed by atoms with Gasteiger partial charge >= 0.3 is 6.03 Å². The molecule has 0 fully saturated rings. The van der Waals surface area contributed by atoms with Gasteiger partial charge in [-0.15, -0.1) is 0 Å². The van der Waals surface area contributed by atoms with Crippen molar-refractivity contribution in [3.8, 4) is 0 Å². The van der Waals surface area contributed by atoms with E-state index in [4.69, 9.17) is 11.5 Å². The maximum absolute atomic E-state index is 14.2. The number of halogens is 3. The minimum atomic E-state index is -1.22. The summed E-state index contributed by atoms with van der Waals surface area (Å²) in [4.78, 5) is 17.4. The van der Waals surface area contributed by atoms with E-state index < -0.39 is 35.4 Å². The lowest BCUT2D eigenvalue weighted by Crippen LogP contribution is -2.42. The molecule has 0 unspecified atom stereocenters. The maximum atomic E-state index is 14.2. The zero-order valence-electron chi connectivity index (χ0n) is 13.9.